The first kappa shape index (κ1) is 20.0. The Morgan fingerprint density at radius 3 is 2.78 bits per heavy atom. The van der Waals surface area contributed by atoms with Crippen LogP contribution in [0.3, 0.4) is 0 Å². The SMILES string of the molecule is CCOC(=O)C(Sc1nc(N)c2c3c(sc2n1)COC(C)(CC)C3)C(C)=O. The number of aromatic nitrogens is 2. The van der Waals surface area contributed by atoms with Gasteiger partial charge in [-0.25, -0.2) is 9.97 Å². The Morgan fingerprint density at radius 1 is 1.41 bits per heavy atom. The van der Waals surface area contributed by atoms with Crippen LogP contribution in [0.15, 0.2) is 5.16 Å². The molecule has 0 radical (unpaired) electrons. The van der Waals surface area contributed by atoms with Gasteiger partial charge in [-0.1, -0.05) is 18.7 Å². The van der Waals surface area contributed by atoms with Gasteiger partial charge in [0.05, 0.1) is 24.2 Å². The number of ketones is 1. The molecule has 0 aromatic carbocycles. The van der Waals surface area contributed by atoms with E-state index in [4.69, 9.17) is 15.2 Å². The van der Waals surface area contributed by atoms with Crippen molar-refractivity contribution >= 4 is 50.9 Å². The van der Waals surface area contributed by atoms with Gasteiger partial charge in [0.2, 0.25) is 0 Å². The van der Waals surface area contributed by atoms with Crippen LogP contribution in [0.25, 0.3) is 10.2 Å². The second-order valence-corrected chi connectivity index (χ2v) is 8.86. The Balaban J connectivity index is 1.96. The summed E-state index contributed by atoms with van der Waals surface area (Å²) in [5, 5.41) is 0.159. The van der Waals surface area contributed by atoms with Crippen LogP contribution in [0.4, 0.5) is 5.82 Å². The number of fused-ring (bicyclic) bond motifs is 3. The number of nitrogens with zero attached hydrogens (tertiary/aromatic N) is 2. The van der Waals surface area contributed by atoms with Crippen molar-refractivity contribution in [1.82, 2.24) is 9.97 Å². The highest BCUT2D eigenvalue weighted by Gasteiger charge is 2.33. The summed E-state index contributed by atoms with van der Waals surface area (Å²) in [7, 11) is 0. The summed E-state index contributed by atoms with van der Waals surface area (Å²) >= 11 is 2.50. The number of rotatable bonds is 6. The topological polar surface area (TPSA) is 104 Å². The number of thioether (sulfide) groups is 1. The van der Waals surface area contributed by atoms with E-state index >= 15 is 0 Å². The first-order valence-corrected chi connectivity index (χ1v) is 10.5. The molecule has 2 N–H and O–H groups in total. The number of anilines is 1. The lowest BCUT2D eigenvalue weighted by molar-refractivity contribution is -0.144. The number of Topliss-reactive ketones (excluding diaryl/α,β-unsaturated/α-hetero) is 1. The molecule has 7 nitrogen and oxygen atoms in total. The van der Waals surface area contributed by atoms with Crippen LogP contribution in [0, 0.1) is 0 Å². The summed E-state index contributed by atoms with van der Waals surface area (Å²) in [4.78, 5) is 34.7. The second kappa shape index (κ2) is 7.73. The maximum atomic E-state index is 12.0. The number of hydrogen-bond donors (Lipinski definition) is 1. The average Bonchev–Trinajstić information content (AvgIpc) is 2.97. The summed E-state index contributed by atoms with van der Waals surface area (Å²) in [6.07, 6.45) is 1.66. The fraction of sp³-hybridized carbons (Fsp3) is 0.556. The Labute approximate surface area is 166 Å². The molecular weight excluding hydrogens is 386 g/mol. The van der Waals surface area contributed by atoms with Crippen LogP contribution in [0.5, 0.6) is 0 Å². The van der Waals surface area contributed by atoms with E-state index in [-0.39, 0.29) is 18.0 Å². The van der Waals surface area contributed by atoms with Gasteiger partial charge in [-0.15, -0.1) is 11.3 Å². The van der Waals surface area contributed by atoms with Crippen molar-refractivity contribution in [3.63, 3.8) is 0 Å². The van der Waals surface area contributed by atoms with Gasteiger partial charge in [0.1, 0.15) is 10.6 Å². The monoisotopic (exact) mass is 409 g/mol. The van der Waals surface area contributed by atoms with Crippen LogP contribution in [-0.4, -0.2) is 39.2 Å². The highest BCUT2D eigenvalue weighted by atomic mass is 32.2. The van der Waals surface area contributed by atoms with Crippen molar-refractivity contribution in [2.45, 2.75) is 63.2 Å². The molecule has 2 aromatic rings. The normalized spacial score (nSPS) is 20.3. The third-order valence-corrected chi connectivity index (χ3v) is 6.94. The fourth-order valence-corrected chi connectivity index (χ4v) is 4.98. The first-order valence-electron chi connectivity index (χ1n) is 8.83. The Hall–Kier alpha value is -1.71. The van der Waals surface area contributed by atoms with E-state index in [1.807, 2.05) is 0 Å². The average molecular weight is 410 g/mol. The number of esters is 1. The molecule has 2 atom stereocenters. The quantitative estimate of drug-likeness (QED) is 0.336. The zero-order valence-corrected chi connectivity index (χ0v) is 17.5. The molecule has 0 fully saturated rings. The first-order chi connectivity index (χ1) is 12.8. The van der Waals surface area contributed by atoms with E-state index in [1.165, 1.54) is 18.3 Å². The van der Waals surface area contributed by atoms with Crippen molar-refractivity contribution in [2.75, 3.05) is 12.3 Å². The largest absolute Gasteiger partial charge is 0.465 e. The van der Waals surface area contributed by atoms with Gasteiger partial charge in [0, 0.05) is 11.3 Å². The lowest BCUT2D eigenvalue weighted by Gasteiger charge is -2.33. The van der Waals surface area contributed by atoms with Crippen LogP contribution in [-0.2, 0) is 32.1 Å². The molecule has 0 aliphatic carbocycles. The zero-order valence-electron chi connectivity index (χ0n) is 15.8. The molecule has 0 bridgehead atoms. The molecule has 0 spiro atoms. The summed E-state index contributed by atoms with van der Waals surface area (Å²) in [5.41, 5.74) is 7.17. The predicted octanol–water partition coefficient (Wildman–Crippen LogP) is 3.13. The smallest absolute Gasteiger partial charge is 0.327 e. The van der Waals surface area contributed by atoms with Gasteiger partial charge in [-0.2, -0.15) is 0 Å². The van der Waals surface area contributed by atoms with E-state index in [9.17, 15) is 9.59 Å². The number of thiophene rings is 1. The van der Waals surface area contributed by atoms with Crippen molar-refractivity contribution in [1.29, 1.82) is 0 Å². The molecule has 0 saturated carbocycles. The second-order valence-electron chi connectivity index (χ2n) is 6.70. The van der Waals surface area contributed by atoms with Crippen molar-refractivity contribution < 1.29 is 19.1 Å². The molecule has 3 heterocycles. The standard InChI is InChI=1S/C18H23N3O4S2/c1-5-18(4)7-10-11(8-25-18)26-15-12(10)14(19)20-17(21-15)27-13(9(3)22)16(23)24-6-2/h13H,5-8H2,1-4H3,(H2,19,20,21). The number of ether oxygens (including phenoxy) is 2. The summed E-state index contributed by atoms with van der Waals surface area (Å²) in [6, 6.07) is 0. The minimum atomic E-state index is -0.997. The van der Waals surface area contributed by atoms with Gasteiger partial charge in [-0.3, -0.25) is 9.59 Å². The summed E-state index contributed by atoms with van der Waals surface area (Å²) < 4.78 is 11.0. The summed E-state index contributed by atoms with van der Waals surface area (Å²) in [5.74, 6) is -0.528. The Bertz CT molecular complexity index is 898. The number of nitrogen functional groups attached to an aromatic ring is 1. The van der Waals surface area contributed by atoms with Crippen molar-refractivity contribution in [3.05, 3.63) is 10.4 Å². The van der Waals surface area contributed by atoms with Crippen LogP contribution >= 0.6 is 23.1 Å². The lowest BCUT2D eigenvalue weighted by atomic mass is 9.90. The lowest BCUT2D eigenvalue weighted by Crippen LogP contribution is -2.33. The highest BCUT2D eigenvalue weighted by Crippen LogP contribution is 2.42. The third kappa shape index (κ3) is 3.95. The van der Waals surface area contributed by atoms with E-state index in [1.54, 1.807) is 6.92 Å². The third-order valence-electron chi connectivity index (χ3n) is 4.69. The molecule has 0 amide bonds. The molecule has 1 aliphatic heterocycles. The van der Waals surface area contributed by atoms with E-state index in [0.717, 1.165) is 45.3 Å². The minimum Gasteiger partial charge on any atom is -0.465 e. The van der Waals surface area contributed by atoms with E-state index in [2.05, 4.69) is 23.8 Å². The Morgan fingerprint density at radius 2 is 2.15 bits per heavy atom. The molecule has 9 heteroatoms. The zero-order chi connectivity index (χ0) is 19.8. The maximum absolute atomic E-state index is 12.0. The van der Waals surface area contributed by atoms with E-state index < -0.39 is 11.2 Å². The van der Waals surface area contributed by atoms with Crippen molar-refractivity contribution in [2.24, 2.45) is 0 Å². The predicted molar refractivity (Wildman–Crippen MR) is 106 cm³/mol. The fourth-order valence-electron chi connectivity index (χ4n) is 2.98. The maximum Gasteiger partial charge on any atom is 0.327 e. The number of carbonyl (C=O) groups excluding carboxylic acids is 2. The number of carbonyl (C=O) groups is 2. The Kier molecular flexibility index (Phi) is 5.73. The molecule has 2 aromatic heterocycles. The van der Waals surface area contributed by atoms with Crippen LogP contribution < -0.4 is 5.73 Å². The molecule has 27 heavy (non-hydrogen) atoms. The van der Waals surface area contributed by atoms with Gasteiger partial charge in [0.15, 0.2) is 16.2 Å². The van der Waals surface area contributed by atoms with Gasteiger partial charge >= 0.3 is 5.97 Å². The van der Waals surface area contributed by atoms with Gasteiger partial charge in [0.25, 0.3) is 0 Å². The van der Waals surface area contributed by atoms with Crippen LogP contribution in [0.1, 0.15) is 44.6 Å². The van der Waals surface area contributed by atoms with Gasteiger partial charge < -0.3 is 15.2 Å². The highest BCUT2D eigenvalue weighted by molar-refractivity contribution is 8.01. The molecule has 1 aliphatic rings. The van der Waals surface area contributed by atoms with Gasteiger partial charge in [-0.05, 0) is 32.8 Å². The van der Waals surface area contributed by atoms with E-state index in [0.29, 0.717) is 17.6 Å². The van der Waals surface area contributed by atoms with Crippen molar-refractivity contribution in [3.8, 4) is 0 Å². The molecule has 3 rings (SSSR count). The summed E-state index contributed by atoms with van der Waals surface area (Å²) in [6.45, 7) is 7.98. The minimum absolute atomic E-state index is 0.207. The molecule has 146 valence electrons. The number of hydrogen-bond acceptors (Lipinski definition) is 9. The molecular formula is C18H23N3O4S2. The van der Waals surface area contributed by atoms with Crippen LogP contribution in [0.2, 0.25) is 0 Å². The molecule has 2 unspecified atom stereocenters. The number of nitrogens with two attached hydrogens (primary N) is 1. The molecule has 0 saturated heterocycles.